The average Bonchev–Trinajstić information content (AvgIpc) is 2.86. The Morgan fingerprint density at radius 1 is 1.38 bits per heavy atom. The smallest absolute Gasteiger partial charge is 0.303 e. The van der Waals surface area contributed by atoms with Gasteiger partial charge in [0.25, 0.3) is 5.91 Å². The van der Waals surface area contributed by atoms with Crippen molar-refractivity contribution in [1.82, 2.24) is 9.97 Å². The Kier molecular flexibility index (Phi) is 4.99. The highest BCUT2D eigenvalue weighted by molar-refractivity contribution is 7.13. The average molecular weight is 305 g/mol. The van der Waals surface area contributed by atoms with Crippen molar-refractivity contribution in [3.8, 4) is 0 Å². The first-order chi connectivity index (χ1) is 10.0. The van der Waals surface area contributed by atoms with E-state index in [1.165, 1.54) is 17.5 Å². The molecule has 6 nitrogen and oxygen atoms in total. The number of carboxylic acids is 1. The molecule has 0 bridgehead atoms. The molecule has 2 N–H and O–H groups in total. The van der Waals surface area contributed by atoms with Crippen molar-refractivity contribution in [2.75, 3.05) is 5.32 Å². The SMILES string of the molecule is Cc1ccc(C(=O)Nc2nc(CCCC(=O)O)cs2)cn1. The lowest BCUT2D eigenvalue weighted by atomic mass is 10.2. The van der Waals surface area contributed by atoms with E-state index < -0.39 is 5.97 Å². The van der Waals surface area contributed by atoms with Crippen LogP contribution in [0.25, 0.3) is 0 Å². The summed E-state index contributed by atoms with van der Waals surface area (Å²) in [6.07, 6.45) is 2.76. The maximum Gasteiger partial charge on any atom is 0.303 e. The van der Waals surface area contributed by atoms with E-state index in [2.05, 4.69) is 15.3 Å². The number of aromatic nitrogens is 2. The van der Waals surface area contributed by atoms with Crippen LogP contribution in [0, 0.1) is 6.92 Å². The van der Waals surface area contributed by atoms with Crippen molar-refractivity contribution in [2.45, 2.75) is 26.2 Å². The van der Waals surface area contributed by atoms with Gasteiger partial charge in [-0.3, -0.25) is 19.9 Å². The van der Waals surface area contributed by atoms with Crippen molar-refractivity contribution < 1.29 is 14.7 Å². The number of carboxylic acid groups (broad SMARTS) is 1. The minimum Gasteiger partial charge on any atom is -0.481 e. The molecule has 110 valence electrons. The Morgan fingerprint density at radius 2 is 2.19 bits per heavy atom. The third-order valence-electron chi connectivity index (χ3n) is 2.77. The minimum atomic E-state index is -0.814. The van der Waals surface area contributed by atoms with Crippen molar-refractivity contribution in [2.24, 2.45) is 0 Å². The largest absolute Gasteiger partial charge is 0.481 e. The van der Waals surface area contributed by atoms with Gasteiger partial charge in [-0.25, -0.2) is 4.98 Å². The number of anilines is 1. The van der Waals surface area contributed by atoms with E-state index in [9.17, 15) is 9.59 Å². The molecule has 0 radical (unpaired) electrons. The van der Waals surface area contributed by atoms with Gasteiger partial charge in [-0.15, -0.1) is 11.3 Å². The Balaban J connectivity index is 1.91. The number of thiazole rings is 1. The molecule has 0 aliphatic heterocycles. The Labute approximate surface area is 125 Å². The van der Waals surface area contributed by atoms with Crippen LogP contribution >= 0.6 is 11.3 Å². The van der Waals surface area contributed by atoms with Gasteiger partial charge < -0.3 is 5.11 Å². The van der Waals surface area contributed by atoms with Gasteiger partial charge in [0, 0.05) is 23.7 Å². The van der Waals surface area contributed by atoms with Crippen molar-refractivity contribution in [3.63, 3.8) is 0 Å². The van der Waals surface area contributed by atoms with Crippen molar-refractivity contribution >= 4 is 28.3 Å². The Morgan fingerprint density at radius 3 is 2.86 bits per heavy atom. The van der Waals surface area contributed by atoms with E-state index in [4.69, 9.17) is 5.11 Å². The molecule has 0 saturated carbocycles. The number of aliphatic carboxylic acids is 1. The van der Waals surface area contributed by atoms with E-state index in [0.29, 0.717) is 23.5 Å². The van der Waals surface area contributed by atoms with Crippen LogP contribution in [0.2, 0.25) is 0 Å². The zero-order chi connectivity index (χ0) is 15.2. The van der Waals surface area contributed by atoms with Crippen LogP contribution in [0.1, 0.15) is 34.6 Å². The minimum absolute atomic E-state index is 0.119. The molecule has 2 heterocycles. The molecule has 2 aromatic heterocycles. The maximum absolute atomic E-state index is 12.0. The van der Waals surface area contributed by atoms with Crippen LogP contribution in [0.5, 0.6) is 0 Å². The highest BCUT2D eigenvalue weighted by Crippen LogP contribution is 2.18. The third-order valence-corrected chi connectivity index (χ3v) is 3.58. The molecule has 0 aliphatic carbocycles. The van der Waals surface area contributed by atoms with Gasteiger partial charge in [0.05, 0.1) is 11.3 Å². The van der Waals surface area contributed by atoms with E-state index in [-0.39, 0.29) is 12.3 Å². The summed E-state index contributed by atoms with van der Waals surface area (Å²) >= 11 is 1.32. The number of amides is 1. The quantitative estimate of drug-likeness (QED) is 0.855. The second kappa shape index (κ2) is 6.94. The molecule has 0 unspecified atom stereocenters. The summed E-state index contributed by atoms with van der Waals surface area (Å²) in [4.78, 5) is 30.8. The number of nitrogens with one attached hydrogen (secondary N) is 1. The van der Waals surface area contributed by atoms with E-state index in [1.54, 1.807) is 12.1 Å². The van der Waals surface area contributed by atoms with E-state index in [0.717, 1.165) is 11.4 Å². The van der Waals surface area contributed by atoms with Gasteiger partial charge in [-0.05, 0) is 31.9 Å². The van der Waals surface area contributed by atoms with Gasteiger partial charge in [0.15, 0.2) is 5.13 Å². The van der Waals surface area contributed by atoms with Gasteiger partial charge in [0.2, 0.25) is 0 Å². The fraction of sp³-hybridized carbons (Fsp3) is 0.286. The molecule has 7 heteroatoms. The highest BCUT2D eigenvalue weighted by atomic mass is 32.1. The lowest BCUT2D eigenvalue weighted by Gasteiger charge is -2.01. The predicted octanol–water partition coefficient (Wildman–Crippen LogP) is 2.51. The molecule has 0 atom stereocenters. The summed E-state index contributed by atoms with van der Waals surface area (Å²) in [6.45, 7) is 1.85. The normalized spacial score (nSPS) is 10.3. The summed E-state index contributed by atoms with van der Waals surface area (Å²) < 4.78 is 0. The third kappa shape index (κ3) is 4.64. The van der Waals surface area contributed by atoms with E-state index in [1.807, 2.05) is 12.3 Å². The van der Waals surface area contributed by atoms with Crippen LogP contribution < -0.4 is 5.32 Å². The van der Waals surface area contributed by atoms with Crippen LogP contribution in [0.15, 0.2) is 23.7 Å². The highest BCUT2D eigenvalue weighted by Gasteiger charge is 2.09. The molecule has 21 heavy (non-hydrogen) atoms. The summed E-state index contributed by atoms with van der Waals surface area (Å²) in [5, 5.41) is 13.6. The number of rotatable bonds is 6. The Hall–Kier alpha value is -2.28. The summed E-state index contributed by atoms with van der Waals surface area (Å²) in [6, 6.07) is 3.48. The number of carbonyl (C=O) groups is 2. The van der Waals surface area contributed by atoms with Gasteiger partial charge in [-0.1, -0.05) is 0 Å². The van der Waals surface area contributed by atoms with E-state index >= 15 is 0 Å². The molecule has 0 fully saturated rings. The van der Waals surface area contributed by atoms with Gasteiger partial charge in [-0.2, -0.15) is 0 Å². The number of nitrogens with zero attached hydrogens (tertiary/aromatic N) is 2. The first kappa shape index (κ1) is 15.1. The van der Waals surface area contributed by atoms with Crippen LogP contribution in [-0.4, -0.2) is 27.0 Å². The molecular formula is C14H15N3O3S. The second-order valence-electron chi connectivity index (χ2n) is 4.53. The van der Waals surface area contributed by atoms with Crippen LogP contribution in [-0.2, 0) is 11.2 Å². The zero-order valence-electron chi connectivity index (χ0n) is 11.5. The lowest BCUT2D eigenvalue weighted by Crippen LogP contribution is -2.12. The Bertz CT molecular complexity index is 637. The van der Waals surface area contributed by atoms with Crippen LogP contribution in [0.4, 0.5) is 5.13 Å². The molecule has 1 amide bonds. The van der Waals surface area contributed by atoms with Gasteiger partial charge >= 0.3 is 5.97 Å². The standard InChI is InChI=1S/C14H15N3O3S/c1-9-5-6-10(7-15-9)13(20)17-14-16-11(8-21-14)3-2-4-12(18)19/h5-8H,2-4H2,1H3,(H,18,19)(H,16,17,20). The number of pyridine rings is 1. The second-order valence-corrected chi connectivity index (χ2v) is 5.39. The molecule has 0 aromatic carbocycles. The first-order valence-electron chi connectivity index (χ1n) is 6.45. The lowest BCUT2D eigenvalue weighted by molar-refractivity contribution is -0.137. The van der Waals surface area contributed by atoms with Crippen molar-refractivity contribution in [3.05, 3.63) is 40.7 Å². The molecular weight excluding hydrogens is 290 g/mol. The fourth-order valence-corrected chi connectivity index (χ4v) is 2.41. The fourth-order valence-electron chi connectivity index (χ4n) is 1.67. The summed E-state index contributed by atoms with van der Waals surface area (Å²) in [5.41, 5.74) is 2.11. The van der Waals surface area contributed by atoms with Crippen molar-refractivity contribution in [1.29, 1.82) is 0 Å². The summed E-state index contributed by atoms with van der Waals surface area (Å²) in [5.74, 6) is -1.07. The molecule has 2 aromatic rings. The summed E-state index contributed by atoms with van der Waals surface area (Å²) in [7, 11) is 0. The molecule has 0 saturated heterocycles. The first-order valence-corrected chi connectivity index (χ1v) is 7.33. The predicted molar refractivity (Wildman–Crippen MR) is 79.6 cm³/mol. The number of hydrogen-bond donors (Lipinski definition) is 2. The number of carbonyl (C=O) groups excluding carboxylic acids is 1. The zero-order valence-corrected chi connectivity index (χ0v) is 12.3. The van der Waals surface area contributed by atoms with Crippen LogP contribution in [0.3, 0.4) is 0 Å². The molecule has 0 spiro atoms. The molecule has 0 aliphatic rings. The topological polar surface area (TPSA) is 92.2 Å². The number of hydrogen-bond acceptors (Lipinski definition) is 5. The molecule has 2 rings (SSSR count). The van der Waals surface area contributed by atoms with Gasteiger partial charge in [0.1, 0.15) is 0 Å². The number of aryl methyl sites for hydroxylation is 2. The maximum atomic E-state index is 12.0. The monoisotopic (exact) mass is 305 g/mol.